The first-order valence-electron chi connectivity index (χ1n) is 8.57. The molecule has 0 aliphatic rings. The Morgan fingerprint density at radius 3 is 2.57 bits per heavy atom. The van der Waals surface area contributed by atoms with Crippen LogP contribution in [0.15, 0.2) is 34.2 Å². The lowest BCUT2D eigenvalue weighted by molar-refractivity contribution is -0.113. The number of para-hydroxylation sites is 1. The van der Waals surface area contributed by atoms with E-state index in [0.29, 0.717) is 21.6 Å². The van der Waals surface area contributed by atoms with Gasteiger partial charge in [-0.1, -0.05) is 23.9 Å². The Hall–Kier alpha value is -3.18. The predicted molar refractivity (Wildman–Crippen MR) is 113 cm³/mol. The van der Waals surface area contributed by atoms with Gasteiger partial charge in [-0.3, -0.25) is 9.59 Å². The number of benzene rings is 1. The van der Waals surface area contributed by atoms with Crippen LogP contribution in [0.1, 0.15) is 25.6 Å². The minimum Gasteiger partial charge on any atom is -0.465 e. The number of aromatic nitrogens is 2. The minimum atomic E-state index is -0.678. The van der Waals surface area contributed by atoms with Crippen LogP contribution in [-0.2, 0) is 14.3 Å². The fraction of sp³-hybridized carbons (Fsp3) is 0.211. The second kappa shape index (κ2) is 9.09. The highest BCUT2D eigenvalue weighted by Crippen LogP contribution is 2.34. The van der Waals surface area contributed by atoms with E-state index in [0.717, 1.165) is 23.1 Å². The number of anilines is 1. The number of carbonyl (C=O) groups is 3. The van der Waals surface area contributed by atoms with Gasteiger partial charge in [0.15, 0.2) is 5.16 Å². The molecule has 0 radical (unpaired) electrons. The zero-order chi connectivity index (χ0) is 21.8. The van der Waals surface area contributed by atoms with Crippen molar-refractivity contribution < 1.29 is 23.9 Å². The van der Waals surface area contributed by atoms with Crippen LogP contribution in [0.2, 0.25) is 0 Å². The second-order valence-corrected chi connectivity index (χ2v) is 7.95. The van der Waals surface area contributed by atoms with Crippen LogP contribution in [0.3, 0.4) is 0 Å². The third kappa shape index (κ3) is 4.36. The summed E-state index contributed by atoms with van der Waals surface area (Å²) < 4.78 is 9.47. The molecular weight excluding hydrogens is 430 g/mol. The molecule has 11 heteroatoms. The third-order valence-corrected chi connectivity index (χ3v) is 6.15. The average molecular weight is 447 g/mol. The van der Waals surface area contributed by atoms with Crippen molar-refractivity contribution in [2.75, 3.05) is 25.3 Å². The molecule has 0 unspecified atom stereocenters. The largest absolute Gasteiger partial charge is 0.465 e. The van der Waals surface area contributed by atoms with Gasteiger partial charge in [0.05, 0.1) is 36.4 Å². The van der Waals surface area contributed by atoms with Crippen LogP contribution < -0.4 is 10.9 Å². The molecule has 2 heterocycles. The summed E-state index contributed by atoms with van der Waals surface area (Å²) in [6.45, 7) is 1.57. The highest BCUT2D eigenvalue weighted by molar-refractivity contribution is 7.99. The van der Waals surface area contributed by atoms with Crippen LogP contribution in [0.25, 0.3) is 10.9 Å². The Balaban J connectivity index is 1.78. The summed E-state index contributed by atoms with van der Waals surface area (Å²) in [4.78, 5) is 55.8. The van der Waals surface area contributed by atoms with Crippen LogP contribution in [0.5, 0.6) is 0 Å². The number of nitrogens with zero attached hydrogens (tertiary/aromatic N) is 1. The van der Waals surface area contributed by atoms with Gasteiger partial charge in [0.25, 0.3) is 5.56 Å². The van der Waals surface area contributed by atoms with Crippen LogP contribution in [-0.4, -0.2) is 47.8 Å². The van der Waals surface area contributed by atoms with Crippen molar-refractivity contribution in [3.05, 3.63) is 50.6 Å². The van der Waals surface area contributed by atoms with Gasteiger partial charge < -0.3 is 19.8 Å². The lowest BCUT2D eigenvalue weighted by Crippen LogP contribution is -2.17. The van der Waals surface area contributed by atoms with Crippen molar-refractivity contribution in [1.82, 2.24) is 9.97 Å². The van der Waals surface area contributed by atoms with Crippen molar-refractivity contribution in [2.45, 2.75) is 12.1 Å². The van der Waals surface area contributed by atoms with Crippen molar-refractivity contribution in [2.24, 2.45) is 0 Å². The van der Waals surface area contributed by atoms with Crippen LogP contribution in [0, 0.1) is 6.92 Å². The minimum absolute atomic E-state index is 0.0770. The summed E-state index contributed by atoms with van der Waals surface area (Å²) in [5, 5.41) is 3.55. The number of thioether (sulfide) groups is 1. The molecule has 156 valence electrons. The molecule has 3 rings (SSSR count). The zero-order valence-electron chi connectivity index (χ0n) is 16.2. The summed E-state index contributed by atoms with van der Waals surface area (Å²) in [6, 6.07) is 6.88. The fourth-order valence-corrected chi connectivity index (χ4v) is 4.46. The number of nitrogens with one attached hydrogen (secondary N) is 2. The molecule has 0 saturated carbocycles. The van der Waals surface area contributed by atoms with Gasteiger partial charge in [-0.25, -0.2) is 14.6 Å². The Bertz CT molecular complexity index is 1200. The van der Waals surface area contributed by atoms with Crippen LogP contribution >= 0.6 is 23.1 Å². The van der Waals surface area contributed by atoms with E-state index in [2.05, 4.69) is 15.3 Å². The zero-order valence-corrected chi connectivity index (χ0v) is 17.9. The molecule has 2 N–H and O–H groups in total. The summed E-state index contributed by atoms with van der Waals surface area (Å²) >= 11 is 1.96. The van der Waals surface area contributed by atoms with Gasteiger partial charge in [0.1, 0.15) is 9.88 Å². The number of methoxy groups -OCH3 is 2. The van der Waals surface area contributed by atoms with E-state index >= 15 is 0 Å². The second-order valence-electron chi connectivity index (χ2n) is 5.97. The highest BCUT2D eigenvalue weighted by Gasteiger charge is 2.26. The first kappa shape index (κ1) is 21.5. The van der Waals surface area contributed by atoms with Gasteiger partial charge in [-0.05, 0) is 24.6 Å². The molecule has 1 aromatic carbocycles. The molecule has 9 nitrogen and oxygen atoms in total. The van der Waals surface area contributed by atoms with Crippen molar-refractivity contribution >= 4 is 56.8 Å². The van der Waals surface area contributed by atoms with Crippen LogP contribution in [0.4, 0.5) is 5.00 Å². The van der Waals surface area contributed by atoms with Crippen molar-refractivity contribution in [3.8, 4) is 0 Å². The lowest BCUT2D eigenvalue weighted by Gasteiger charge is -2.06. The summed E-state index contributed by atoms with van der Waals surface area (Å²) in [7, 11) is 2.44. The first-order valence-corrected chi connectivity index (χ1v) is 10.4. The summed E-state index contributed by atoms with van der Waals surface area (Å²) in [5.74, 6) is -1.82. The predicted octanol–water partition coefficient (Wildman–Crippen LogP) is 2.60. The Labute approximate surface area is 178 Å². The van der Waals surface area contributed by atoms with E-state index in [9.17, 15) is 19.2 Å². The highest BCUT2D eigenvalue weighted by atomic mass is 32.2. The number of H-pyrrole nitrogens is 1. The fourth-order valence-electron chi connectivity index (χ4n) is 2.67. The average Bonchev–Trinajstić information content (AvgIpc) is 3.06. The first-order chi connectivity index (χ1) is 14.3. The quantitative estimate of drug-likeness (QED) is 0.335. The number of hydrogen-bond donors (Lipinski definition) is 2. The number of hydrogen-bond acceptors (Lipinski definition) is 9. The van der Waals surface area contributed by atoms with Gasteiger partial charge in [-0.15, -0.1) is 11.3 Å². The normalized spacial score (nSPS) is 10.6. The standard InChI is InChI=1S/C19H17N3O6S2/c1-9-13(17(25)27-2)16(30-14(9)18(26)28-3)21-12(23)8-29-19-20-11-7-5-4-6-10(11)15(24)22-19/h4-7H,8H2,1-3H3,(H,21,23)(H,20,22,24). The number of esters is 2. The number of rotatable bonds is 6. The maximum absolute atomic E-state index is 12.4. The van der Waals surface area contributed by atoms with E-state index < -0.39 is 17.8 Å². The number of aromatic amines is 1. The molecule has 0 aliphatic heterocycles. The molecule has 1 amide bonds. The molecule has 0 bridgehead atoms. The molecule has 0 aliphatic carbocycles. The Morgan fingerprint density at radius 2 is 1.87 bits per heavy atom. The maximum atomic E-state index is 12.4. The molecule has 30 heavy (non-hydrogen) atoms. The molecule has 0 saturated heterocycles. The Kier molecular flexibility index (Phi) is 6.53. The van der Waals surface area contributed by atoms with E-state index in [1.165, 1.54) is 14.2 Å². The third-order valence-electron chi connectivity index (χ3n) is 4.09. The summed E-state index contributed by atoms with van der Waals surface area (Å²) in [6.07, 6.45) is 0. The Morgan fingerprint density at radius 1 is 1.17 bits per heavy atom. The topological polar surface area (TPSA) is 127 Å². The molecule has 0 atom stereocenters. The monoisotopic (exact) mass is 447 g/mol. The molecule has 0 spiro atoms. The van der Waals surface area contributed by atoms with E-state index in [4.69, 9.17) is 9.47 Å². The summed E-state index contributed by atoms with van der Waals surface area (Å²) in [5.41, 5.74) is 0.683. The van der Waals surface area contributed by atoms with Gasteiger partial charge in [0.2, 0.25) is 5.91 Å². The number of carbonyl (C=O) groups excluding carboxylic acids is 3. The van der Waals surface area contributed by atoms with Crippen molar-refractivity contribution in [3.63, 3.8) is 0 Å². The van der Waals surface area contributed by atoms with Gasteiger partial charge in [-0.2, -0.15) is 0 Å². The molecule has 3 aromatic rings. The number of fused-ring (bicyclic) bond motifs is 1. The van der Waals surface area contributed by atoms with Gasteiger partial charge >= 0.3 is 11.9 Å². The van der Waals surface area contributed by atoms with Crippen molar-refractivity contribution in [1.29, 1.82) is 0 Å². The van der Waals surface area contributed by atoms with E-state index in [1.54, 1.807) is 31.2 Å². The van der Waals surface area contributed by atoms with E-state index in [1.807, 2.05) is 0 Å². The number of amides is 1. The van der Waals surface area contributed by atoms with Gasteiger partial charge in [0, 0.05) is 0 Å². The molecule has 0 fully saturated rings. The lowest BCUT2D eigenvalue weighted by atomic mass is 10.1. The van der Waals surface area contributed by atoms with E-state index in [-0.39, 0.29) is 26.8 Å². The number of thiophene rings is 1. The molecular formula is C19H17N3O6S2. The maximum Gasteiger partial charge on any atom is 0.348 e. The number of ether oxygens (including phenoxy) is 2. The molecule has 2 aromatic heterocycles. The SMILES string of the molecule is COC(=O)c1sc(NC(=O)CSc2nc3ccccc3c(=O)[nH]2)c(C(=O)OC)c1C. The smallest absolute Gasteiger partial charge is 0.348 e.